The number of amides is 1. The molecule has 0 aliphatic rings. The Morgan fingerprint density at radius 1 is 1.33 bits per heavy atom. The Morgan fingerprint density at radius 3 is 2.72 bits per heavy atom. The number of hydrogen-bond acceptors (Lipinski definition) is 6. The molecule has 0 saturated carbocycles. The zero-order chi connectivity index (χ0) is 13.1. The van der Waals surface area contributed by atoms with E-state index in [1.165, 1.54) is 0 Å². The predicted octanol–water partition coefficient (Wildman–Crippen LogP) is 1.22. The summed E-state index contributed by atoms with van der Waals surface area (Å²) in [6, 6.07) is 5.31. The zero-order valence-electron chi connectivity index (χ0n) is 10.0. The summed E-state index contributed by atoms with van der Waals surface area (Å²) in [5.74, 6) is 5.39. The second-order valence-electron chi connectivity index (χ2n) is 3.77. The van der Waals surface area contributed by atoms with Crippen molar-refractivity contribution in [2.45, 2.75) is 13.8 Å². The lowest BCUT2D eigenvalue weighted by atomic mass is 10.1. The first kappa shape index (κ1) is 12.1. The van der Waals surface area contributed by atoms with Gasteiger partial charge in [-0.15, -0.1) is 5.10 Å². The summed E-state index contributed by atoms with van der Waals surface area (Å²) < 4.78 is 5.07. The van der Waals surface area contributed by atoms with Crippen molar-refractivity contribution in [3.63, 3.8) is 0 Å². The molecule has 0 radical (unpaired) electrons. The van der Waals surface area contributed by atoms with Gasteiger partial charge in [-0.05, 0) is 24.6 Å². The van der Waals surface area contributed by atoms with Crippen LogP contribution in [0.3, 0.4) is 0 Å². The molecule has 2 aromatic rings. The molecular weight excluding hydrogens is 234 g/mol. The molecule has 0 fully saturated rings. The van der Waals surface area contributed by atoms with Crippen molar-refractivity contribution in [1.82, 2.24) is 10.2 Å². The summed E-state index contributed by atoms with van der Waals surface area (Å²) in [5.41, 5.74) is 4.41. The summed E-state index contributed by atoms with van der Waals surface area (Å²) in [4.78, 5) is 12.0. The second-order valence-corrected chi connectivity index (χ2v) is 3.77. The quantitative estimate of drug-likeness (QED) is 0.556. The van der Waals surface area contributed by atoms with E-state index in [9.17, 15) is 4.79 Å². The number of anilines is 2. The highest BCUT2D eigenvalue weighted by Gasteiger charge is 2.13. The van der Waals surface area contributed by atoms with Crippen molar-refractivity contribution < 1.29 is 9.21 Å². The molecule has 0 aliphatic heterocycles. The Balaban J connectivity index is 2.23. The van der Waals surface area contributed by atoms with Gasteiger partial charge in [-0.25, -0.2) is 0 Å². The molecule has 1 heterocycles. The Kier molecular flexibility index (Phi) is 3.24. The minimum absolute atomic E-state index is 0.0565. The van der Waals surface area contributed by atoms with Gasteiger partial charge >= 0.3 is 6.01 Å². The molecule has 1 aromatic heterocycles. The fourth-order valence-corrected chi connectivity index (χ4v) is 1.49. The summed E-state index contributed by atoms with van der Waals surface area (Å²) in [6.07, 6.45) is 0. The molecule has 7 nitrogen and oxygen atoms in total. The number of benzene rings is 1. The maximum absolute atomic E-state index is 12.0. The number of aryl methyl sites for hydroxylation is 2. The van der Waals surface area contributed by atoms with Gasteiger partial charge in [-0.1, -0.05) is 11.2 Å². The van der Waals surface area contributed by atoms with Crippen LogP contribution in [0.5, 0.6) is 0 Å². The molecule has 0 unspecified atom stereocenters. The average molecular weight is 247 g/mol. The van der Waals surface area contributed by atoms with E-state index in [0.29, 0.717) is 17.1 Å². The van der Waals surface area contributed by atoms with E-state index in [-0.39, 0.29) is 11.9 Å². The highest BCUT2D eigenvalue weighted by atomic mass is 16.4. The van der Waals surface area contributed by atoms with Gasteiger partial charge in [0.1, 0.15) is 0 Å². The lowest BCUT2D eigenvalue weighted by Gasteiger charge is -2.08. The molecule has 0 aliphatic carbocycles. The number of carbonyl (C=O) groups is 1. The van der Waals surface area contributed by atoms with Gasteiger partial charge in [-0.2, -0.15) is 0 Å². The van der Waals surface area contributed by atoms with Crippen molar-refractivity contribution >= 4 is 17.6 Å². The topological polar surface area (TPSA) is 106 Å². The van der Waals surface area contributed by atoms with E-state index in [0.717, 1.165) is 5.56 Å². The molecule has 94 valence electrons. The Morgan fingerprint density at radius 2 is 2.11 bits per heavy atom. The molecule has 2 rings (SSSR count). The van der Waals surface area contributed by atoms with Gasteiger partial charge < -0.3 is 9.84 Å². The number of nitrogens with two attached hydrogens (primary N) is 1. The SMILES string of the molecule is Cc1ccc(C(=O)Nc2nnc(C)o2)c(NN)c1. The molecule has 0 saturated heterocycles. The fraction of sp³-hybridized carbons (Fsp3) is 0.182. The van der Waals surface area contributed by atoms with Gasteiger partial charge in [-0.3, -0.25) is 16.0 Å². The first-order chi connectivity index (χ1) is 8.60. The smallest absolute Gasteiger partial charge is 0.322 e. The normalized spacial score (nSPS) is 10.2. The maximum Gasteiger partial charge on any atom is 0.322 e. The van der Waals surface area contributed by atoms with Gasteiger partial charge in [0.2, 0.25) is 5.89 Å². The summed E-state index contributed by atoms with van der Waals surface area (Å²) in [6.45, 7) is 3.55. The van der Waals surface area contributed by atoms with Crippen LogP contribution in [0.15, 0.2) is 22.6 Å². The molecular formula is C11H13N5O2. The Labute approximate surface area is 103 Å². The molecule has 0 bridgehead atoms. The lowest BCUT2D eigenvalue weighted by Crippen LogP contribution is -2.17. The second kappa shape index (κ2) is 4.84. The van der Waals surface area contributed by atoms with Crippen LogP contribution in [-0.2, 0) is 0 Å². The van der Waals surface area contributed by atoms with Crippen LogP contribution < -0.4 is 16.6 Å². The molecule has 18 heavy (non-hydrogen) atoms. The van der Waals surface area contributed by atoms with Crippen molar-refractivity contribution in [3.05, 3.63) is 35.2 Å². The fourth-order valence-electron chi connectivity index (χ4n) is 1.49. The third-order valence-corrected chi connectivity index (χ3v) is 2.32. The standard InChI is InChI=1S/C11H13N5O2/c1-6-3-4-8(9(5-6)14-12)10(17)13-11-16-15-7(2)18-11/h3-5,14H,12H2,1-2H3,(H,13,16,17). The van der Waals surface area contributed by atoms with Crippen LogP contribution in [-0.4, -0.2) is 16.1 Å². The molecule has 0 spiro atoms. The number of aromatic nitrogens is 2. The first-order valence-electron chi connectivity index (χ1n) is 5.29. The monoisotopic (exact) mass is 247 g/mol. The molecule has 7 heteroatoms. The Hall–Kier alpha value is -2.41. The summed E-state index contributed by atoms with van der Waals surface area (Å²) in [7, 11) is 0. The van der Waals surface area contributed by atoms with Crippen molar-refractivity contribution in [3.8, 4) is 0 Å². The van der Waals surface area contributed by atoms with Crippen LogP contribution >= 0.6 is 0 Å². The largest absolute Gasteiger partial charge is 0.408 e. The minimum Gasteiger partial charge on any atom is -0.408 e. The van der Waals surface area contributed by atoms with Crippen molar-refractivity contribution in [2.75, 3.05) is 10.7 Å². The highest BCUT2D eigenvalue weighted by Crippen LogP contribution is 2.18. The van der Waals surface area contributed by atoms with Gasteiger partial charge in [0.15, 0.2) is 0 Å². The average Bonchev–Trinajstić information content (AvgIpc) is 2.74. The number of nitrogen functional groups attached to an aromatic ring is 1. The van der Waals surface area contributed by atoms with E-state index in [1.54, 1.807) is 19.1 Å². The Bertz CT molecular complexity index is 579. The van der Waals surface area contributed by atoms with Gasteiger partial charge in [0.05, 0.1) is 11.3 Å². The number of rotatable bonds is 3. The van der Waals surface area contributed by atoms with E-state index >= 15 is 0 Å². The molecule has 1 amide bonds. The third kappa shape index (κ3) is 2.46. The number of nitrogens with zero attached hydrogens (tertiary/aromatic N) is 2. The molecule has 1 aromatic carbocycles. The van der Waals surface area contributed by atoms with Crippen molar-refractivity contribution in [2.24, 2.45) is 5.84 Å². The molecule has 4 N–H and O–H groups in total. The van der Waals surface area contributed by atoms with E-state index in [4.69, 9.17) is 10.3 Å². The number of nitrogens with one attached hydrogen (secondary N) is 2. The van der Waals surface area contributed by atoms with Crippen LogP contribution in [0.25, 0.3) is 0 Å². The minimum atomic E-state index is -0.369. The number of hydrogen-bond donors (Lipinski definition) is 3. The zero-order valence-corrected chi connectivity index (χ0v) is 10.0. The van der Waals surface area contributed by atoms with Gasteiger partial charge in [0.25, 0.3) is 5.91 Å². The van der Waals surface area contributed by atoms with Gasteiger partial charge in [0, 0.05) is 6.92 Å². The first-order valence-corrected chi connectivity index (χ1v) is 5.29. The van der Waals surface area contributed by atoms with Crippen LogP contribution in [0, 0.1) is 13.8 Å². The van der Waals surface area contributed by atoms with E-state index in [1.807, 2.05) is 13.0 Å². The lowest BCUT2D eigenvalue weighted by molar-refractivity contribution is 0.102. The van der Waals surface area contributed by atoms with Crippen molar-refractivity contribution in [1.29, 1.82) is 0 Å². The number of hydrazine groups is 1. The van der Waals surface area contributed by atoms with E-state index < -0.39 is 0 Å². The third-order valence-electron chi connectivity index (χ3n) is 2.32. The van der Waals surface area contributed by atoms with Crippen LogP contribution in [0.1, 0.15) is 21.8 Å². The van der Waals surface area contributed by atoms with E-state index in [2.05, 4.69) is 20.9 Å². The summed E-state index contributed by atoms with van der Waals surface area (Å²) >= 11 is 0. The maximum atomic E-state index is 12.0. The van der Waals surface area contributed by atoms with Crippen LogP contribution in [0.2, 0.25) is 0 Å². The predicted molar refractivity (Wildman–Crippen MR) is 66.0 cm³/mol. The number of carbonyl (C=O) groups excluding carboxylic acids is 1. The highest BCUT2D eigenvalue weighted by molar-refractivity contribution is 6.07. The molecule has 0 atom stereocenters. The van der Waals surface area contributed by atoms with Crippen LogP contribution in [0.4, 0.5) is 11.7 Å². The summed E-state index contributed by atoms with van der Waals surface area (Å²) in [5, 5.41) is 9.80.